The van der Waals surface area contributed by atoms with Gasteiger partial charge >= 0.3 is 6.09 Å². The molecule has 0 aromatic heterocycles. The number of para-hydroxylation sites is 1. The van der Waals surface area contributed by atoms with Crippen molar-refractivity contribution < 1.29 is 14.3 Å². The van der Waals surface area contributed by atoms with E-state index < -0.39 is 12.0 Å². The van der Waals surface area contributed by atoms with Crippen LogP contribution in [0.4, 0.5) is 10.5 Å². The number of alkyl carbamates (subject to hydrolysis) is 1. The quantitative estimate of drug-likeness (QED) is 0.885. The standard InChI is InChI=1S/C16H16N2O3/c19-15(11-17-14-9-5-2-6-10-14)18-16(20)21-12-13-7-3-1-4-8-13/h1-10,17H,11-12H2,(H,18,19,20). The van der Waals surface area contributed by atoms with E-state index >= 15 is 0 Å². The minimum absolute atomic E-state index is 0.00441. The van der Waals surface area contributed by atoms with Gasteiger partial charge in [-0.1, -0.05) is 48.5 Å². The molecule has 2 aromatic carbocycles. The van der Waals surface area contributed by atoms with Gasteiger partial charge in [-0.3, -0.25) is 10.1 Å². The highest BCUT2D eigenvalue weighted by atomic mass is 16.5. The number of amides is 2. The van der Waals surface area contributed by atoms with Gasteiger partial charge in [0.25, 0.3) is 0 Å². The van der Waals surface area contributed by atoms with Crippen LogP contribution >= 0.6 is 0 Å². The van der Waals surface area contributed by atoms with Crippen LogP contribution in [0, 0.1) is 0 Å². The monoisotopic (exact) mass is 284 g/mol. The van der Waals surface area contributed by atoms with Gasteiger partial charge in [-0.25, -0.2) is 4.79 Å². The average molecular weight is 284 g/mol. The lowest BCUT2D eigenvalue weighted by atomic mass is 10.2. The van der Waals surface area contributed by atoms with Crippen LogP contribution in [0.25, 0.3) is 0 Å². The van der Waals surface area contributed by atoms with Gasteiger partial charge in [0.2, 0.25) is 5.91 Å². The van der Waals surface area contributed by atoms with Crippen LogP contribution in [0.15, 0.2) is 60.7 Å². The first kappa shape index (κ1) is 14.6. The molecule has 2 rings (SSSR count). The van der Waals surface area contributed by atoms with Crippen LogP contribution in [-0.4, -0.2) is 18.5 Å². The molecule has 0 fully saturated rings. The summed E-state index contributed by atoms with van der Waals surface area (Å²) in [5, 5.41) is 5.06. The topological polar surface area (TPSA) is 67.4 Å². The Hall–Kier alpha value is -2.82. The number of hydrogen-bond donors (Lipinski definition) is 2. The summed E-state index contributed by atoms with van der Waals surface area (Å²) in [7, 11) is 0. The minimum atomic E-state index is -0.751. The molecule has 0 spiro atoms. The molecule has 0 aliphatic heterocycles. The van der Waals surface area contributed by atoms with Crippen molar-refractivity contribution in [2.24, 2.45) is 0 Å². The van der Waals surface area contributed by atoms with Gasteiger partial charge < -0.3 is 10.1 Å². The molecule has 2 amide bonds. The average Bonchev–Trinajstić information content (AvgIpc) is 2.53. The maximum atomic E-state index is 11.6. The molecule has 0 bridgehead atoms. The first-order valence-corrected chi connectivity index (χ1v) is 6.53. The molecule has 0 saturated carbocycles. The summed E-state index contributed by atoms with van der Waals surface area (Å²) in [6.07, 6.45) is -0.751. The third-order valence-corrected chi connectivity index (χ3v) is 2.68. The number of imide groups is 1. The lowest BCUT2D eigenvalue weighted by Crippen LogP contribution is -2.35. The molecule has 0 aliphatic carbocycles. The second-order valence-corrected chi connectivity index (χ2v) is 4.33. The Morgan fingerprint density at radius 2 is 1.52 bits per heavy atom. The van der Waals surface area contributed by atoms with Crippen molar-refractivity contribution in [3.8, 4) is 0 Å². The number of rotatable bonds is 5. The molecule has 2 N–H and O–H groups in total. The predicted octanol–water partition coefficient (Wildman–Crippen LogP) is 2.55. The Morgan fingerprint density at radius 3 is 2.19 bits per heavy atom. The van der Waals surface area contributed by atoms with Crippen LogP contribution in [-0.2, 0) is 16.1 Å². The Bertz CT molecular complexity index is 531. The van der Waals surface area contributed by atoms with Crippen LogP contribution in [0.2, 0.25) is 0 Å². The van der Waals surface area contributed by atoms with Crippen molar-refractivity contribution >= 4 is 17.7 Å². The highest BCUT2D eigenvalue weighted by Crippen LogP contribution is 2.03. The summed E-state index contributed by atoms with van der Waals surface area (Å²) in [6, 6.07) is 18.5. The van der Waals surface area contributed by atoms with Crippen LogP contribution in [0.3, 0.4) is 0 Å². The molecule has 0 saturated heterocycles. The fourth-order valence-corrected chi connectivity index (χ4v) is 1.66. The number of benzene rings is 2. The highest BCUT2D eigenvalue weighted by Gasteiger charge is 2.08. The maximum absolute atomic E-state index is 11.6. The Balaban J connectivity index is 1.69. The largest absolute Gasteiger partial charge is 0.444 e. The van der Waals surface area contributed by atoms with Crippen molar-refractivity contribution in [1.82, 2.24) is 5.32 Å². The molecule has 0 heterocycles. The number of carbonyl (C=O) groups is 2. The van der Waals surface area contributed by atoms with E-state index in [9.17, 15) is 9.59 Å². The van der Waals surface area contributed by atoms with Gasteiger partial charge in [-0.05, 0) is 17.7 Å². The van der Waals surface area contributed by atoms with Crippen molar-refractivity contribution in [2.45, 2.75) is 6.61 Å². The summed E-state index contributed by atoms with van der Waals surface area (Å²) in [4.78, 5) is 23.0. The van der Waals surface area contributed by atoms with Gasteiger partial charge in [0, 0.05) is 5.69 Å². The molecule has 0 radical (unpaired) electrons. The molecule has 2 aromatic rings. The van der Waals surface area contributed by atoms with Gasteiger partial charge in [0.15, 0.2) is 0 Å². The SMILES string of the molecule is O=C(CNc1ccccc1)NC(=O)OCc1ccccc1. The molecular formula is C16H16N2O3. The van der Waals surface area contributed by atoms with Gasteiger partial charge in [-0.15, -0.1) is 0 Å². The van der Waals surface area contributed by atoms with Gasteiger partial charge in [0.1, 0.15) is 6.61 Å². The lowest BCUT2D eigenvalue weighted by molar-refractivity contribution is -0.118. The van der Waals surface area contributed by atoms with Gasteiger partial charge in [0.05, 0.1) is 6.54 Å². The molecule has 0 unspecified atom stereocenters. The zero-order valence-electron chi connectivity index (χ0n) is 11.4. The fourth-order valence-electron chi connectivity index (χ4n) is 1.66. The highest BCUT2D eigenvalue weighted by molar-refractivity contribution is 5.93. The van der Waals surface area contributed by atoms with Crippen LogP contribution in [0.1, 0.15) is 5.56 Å². The smallest absolute Gasteiger partial charge is 0.414 e. The summed E-state index contributed by atoms with van der Waals surface area (Å²) >= 11 is 0. The summed E-state index contributed by atoms with van der Waals surface area (Å²) in [6.45, 7) is 0.135. The van der Waals surface area contributed by atoms with Crippen molar-refractivity contribution in [3.05, 3.63) is 66.2 Å². The van der Waals surface area contributed by atoms with E-state index in [1.807, 2.05) is 60.7 Å². The second kappa shape index (κ2) is 7.69. The number of hydrogen-bond acceptors (Lipinski definition) is 4. The molecule has 5 nitrogen and oxygen atoms in total. The number of carbonyl (C=O) groups excluding carboxylic acids is 2. The van der Waals surface area contributed by atoms with Crippen molar-refractivity contribution in [3.63, 3.8) is 0 Å². The normalized spacial score (nSPS) is 9.71. The summed E-state index contributed by atoms with van der Waals surface area (Å²) in [5.41, 5.74) is 1.67. The second-order valence-electron chi connectivity index (χ2n) is 4.33. The van der Waals surface area contributed by atoms with Crippen molar-refractivity contribution in [1.29, 1.82) is 0 Å². The molecule has 0 aliphatic rings. The van der Waals surface area contributed by atoms with E-state index in [2.05, 4.69) is 10.6 Å². The Labute approximate surface area is 122 Å². The zero-order valence-corrected chi connectivity index (χ0v) is 11.4. The van der Waals surface area contributed by atoms with Crippen molar-refractivity contribution in [2.75, 3.05) is 11.9 Å². The molecule has 21 heavy (non-hydrogen) atoms. The Kier molecular flexibility index (Phi) is 5.34. The fraction of sp³-hybridized carbons (Fsp3) is 0.125. The maximum Gasteiger partial charge on any atom is 0.414 e. The Morgan fingerprint density at radius 1 is 0.905 bits per heavy atom. The molecule has 108 valence electrons. The first-order valence-electron chi connectivity index (χ1n) is 6.53. The van der Waals surface area contributed by atoms with E-state index in [0.29, 0.717) is 0 Å². The van der Waals surface area contributed by atoms with E-state index in [4.69, 9.17) is 4.74 Å². The van der Waals surface area contributed by atoms with E-state index in [1.165, 1.54) is 0 Å². The first-order chi connectivity index (χ1) is 10.2. The molecule has 5 heteroatoms. The van der Waals surface area contributed by atoms with E-state index in [0.717, 1.165) is 11.3 Å². The summed E-state index contributed by atoms with van der Waals surface area (Å²) in [5.74, 6) is -0.447. The number of anilines is 1. The number of ether oxygens (including phenoxy) is 1. The molecule has 0 atom stereocenters. The predicted molar refractivity (Wildman–Crippen MR) is 79.7 cm³/mol. The zero-order chi connectivity index (χ0) is 14.9. The third-order valence-electron chi connectivity index (χ3n) is 2.68. The van der Waals surface area contributed by atoms with Crippen LogP contribution < -0.4 is 10.6 Å². The molecular weight excluding hydrogens is 268 g/mol. The minimum Gasteiger partial charge on any atom is -0.444 e. The van der Waals surface area contributed by atoms with E-state index in [1.54, 1.807) is 0 Å². The third kappa shape index (κ3) is 5.36. The van der Waals surface area contributed by atoms with E-state index in [-0.39, 0.29) is 13.2 Å². The van der Waals surface area contributed by atoms with Crippen LogP contribution in [0.5, 0.6) is 0 Å². The van der Waals surface area contributed by atoms with Gasteiger partial charge in [-0.2, -0.15) is 0 Å². The lowest BCUT2D eigenvalue weighted by Gasteiger charge is -2.07. The summed E-state index contributed by atoms with van der Waals surface area (Å²) < 4.78 is 4.95. The number of nitrogens with one attached hydrogen (secondary N) is 2.